The van der Waals surface area contributed by atoms with Crippen molar-refractivity contribution in [3.05, 3.63) is 53.6 Å². The van der Waals surface area contributed by atoms with Gasteiger partial charge in [0.05, 0.1) is 21.3 Å². The molecule has 0 radical (unpaired) electrons. The quantitative estimate of drug-likeness (QED) is 0.496. The minimum Gasteiger partial charge on any atom is -0.493 e. The molecule has 152 valence electrons. The summed E-state index contributed by atoms with van der Waals surface area (Å²) in [4.78, 5) is 11.9. The molecule has 0 spiro atoms. The third-order valence-corrected chi connectivity index (χ3v) is 4.13. The van der Waals surface area contributed by atoms with Gasteiger partial charge in [0.1, 0.15) is 6.61 Å². The molecular formula is C22H22O7. The molecule has 0 bridgehead atoms. The average Bonchev–Trinajstić information content (AvgIpc) is 3.22. The van der Waals surface area contributed by atoms with Gasteiger partial charge < -0.3 is 28.4 Å². The van der Waals surface area contributed by atoms with Gasteiger partial charge in [-0.2, -0.15) is 0 Å². The molecule has 1 aliphatic rings. The lowest BCUT2D eigenvalue weighted by Crippen LogP contribution is -2.00. The van der Waals surface area contributed by atoms with Gasteiger partial charge in [-0.25, -0.2) is 4.79 Å². The number of esters is 1. The fourth-order valence-electron chi connectivity index (χ4n) is 2.74. The molecule has 0 atom stereocenters. The van der Waals surface area contributed by atoms with Crippen LogP contribution in [-0.2, 0) is 9.53 Å². The summed E-state index contributed by atoms with van der Waals surface area (Å²) in [6, 6.07) is 9.09. The molecule has 2 aromatic carbocycles. The number of fused-ring (bicyclic) bond motifs is 1. The minimum atomic E-state index is -0.464. The lowest BCUT2D eigenvalue weighted by molar-refractivity contribution is -0.136. The highest BCUT2D eigenvalue weighted by molar-refractivity contribution is 5.87. The van der Waals surface area contributed by atoms with E-state index in [4.69, 9.17) is 28.4 Å². The van der Waals surface area contributed by atoms with Gasteiger partial charge in [-0.1, -0.05) is 12.1 Å². The van der Waals surface area contributed by atoms with Crippen molar-refractivity contribution in [2.24, 2.45) is 0 Å². The Morgan fingerprint density at radius 3 is 2.34 bits per heavy atom. The van der Waals surface area contributed by atoms with Gasteiger partial charge in [-0.05, 0) is 47.5 Å². The SMILES string of the molecule is COc1cc(/C=C\C(=O)OC/C=C/c2ccc3c(c2)OCO3)cc(OC)c1OC. The Labute approximate surface area is 169 Å². The lowest BCUT2D eigenvalue weighted by atomic mass is 10.1. The summed E-state index contributed by atoms with van der Waals surface area (Å²) in [5, 5.41) is 0. The Morgan fingerprint density at radius 2 is 1.66 bits per heavy atom. The second-order valence-electron chi connectivity index (χ2n) is 5.94. The maximum absolute atomic E-state index is 11.9. The number of benzene rings is 2. The number of hydrogen-bond acceptors (Lipinski definition) is 7. The van der Waals surface area contributed by atoms with Crippen molar-refractivity contribution in [1.29, 1.82) is 0 Å². The fraction of sp³-hybridized carbons (Fsp3) is 0.227. The van der Waals surface area contributed by atoms with Crippen LogP contribution in [-0.4, -0.2) is 40.7 Å². The van der Waals surface area contributed by atoms with Crippen molar-refractivity contribution >= 4 is 18.1 Å². The molecule has 0 saturated heterocycles. The van der Waals surface area contributed by atoms with E-state index in [0.29, 0.717) is 28.6 Å². The topological polar surface area (TPSA) is 72.5 Å². The van der Waals surface area contributed by atoms with Crippen molar-refractivity contribution in [2.45, 2.75) is 0 Å². The van der Waals surface area contributed by atoms with Crippen molar-refractivity contribution in [2.75, 3.05) is 34.7 Å². The van der Waals surface area contributed by atoms with E-state index in [9.17, 15) is 4.79 Å². The van der Waals surface area contributed by atoms with Gasteiger partial charge in [0, 0.05) is 6.08 Å². The Morgan fingerprint density at radius 1 is 0.931 bits per heavy atom. The van der Waals surface area contributed by atoms with Gasteiger partial charge in [-0.3, -0.25) is 0 Å². The summed E-state index contributed by atoms with van der Waals surface area (Å²) in [5.74, 6) is 2.47. The highest BCUT2D eigenvalue weighted by Crippen LogP contribution is 2.38. The van der Waals surface area contributed by atoms with E-state index in [0.717, 1.165) is 11.3 Å². The molecule has 3 rings (SSSR count). The van der Waals surface area contributed by atoms with E-state index in [1.54, 1.807) is 24.3 Å². The van der Waals surface area contributed by atoms with Gasteiger partial charge >= 0.3 is 5.97 Å². The van der Waals surface area contributed by atoms with E-state index in [1.807, 2.05) is 24.3 Å². The summed E-state index contributed by atoms with van der Waals surface area (Å²) in [6.45, 7) is 0.380. The molecule has 0 N–H and O–H groups in total. The van der Waals surface area contributed by atoms with Crippen LogP contribution < -0.4 is 23.7 Å². The van der Waals surface area contributed by atoms with E-state index in [2.05, 4.69) is 0 Å². The van der Waals surface area contributed by atoms with E-state index < -0.39 is 5.97 Å². The normalized spacial score (nSPS) is 12.4. The number of hydrogen-bond donors (Lipinski definition) is 0. The monoisotopic (exact) mass is 398 g/mol. The van der Waals surface area contributed by atoms with Crippen LogP contribution >= 0.6 is 0 Å². The predicted molar refractivity (Wildman–Crippen MR) is 108 cm³/mol. The first-order valence-corrected chi connectivity index (χ1v) is 8.85. The molecule has 0 amide bonds. The van der Waals surface area contributed by atoms with Gasteiger partial charge in [0.25, 0.3) is 0 Å². The highest BCUT2D eigenvalue weighted by Gasteiger charge is 2.13. The first-order valence-electron chi connectivity index (χ1n) is 8.85. The van der Waals surface area contributed by atoms with Crippen LogP contribution in [0.4, 0.5) is 0 Å². The molecule has 1 aliphatic heterocycles. The Kier molecular flexibility index (Phi) is 6.63. The van der Waals surface area contributed by atoms with Crippen LogP contribution in [0.5, 0.6) is 28.7 Å². The summed E-state index contributed by atoms with van der Waals surface area (Å²) >= 11 is 0. The van der Waals surface area contributed by atoms with Crippen LogP contribution in [0.25, 0.3) is 12.2 Å². The molecule has 0 aromatic heterocycles. The van der Waals surface area contributed by atoms with Gasteiger partial charge in [0.15, 0.2) is 23.0 Å². The molecule has 7 nitrogen and oxygen atoms in total. The second kappa shape index (κ2) is 9.54. The zero-order chi connectivity index (χ0) is 20.6. The zero-order valence-electron chi connectivity index (χ0n) is 16.5. The van der Waals surface area contributed by atoms with Crippen LogP contribution in [0.15, 0.2) is 42.5 Å². The van der Waals surface area contributed by atoms with Crippen molar-refractivity contribution in [3.8, 4) is 28.7 Å². The summed E-state index contributed by atoms with van der Waals surface area (Å²) in [6.07, 6.45) is 6.56. The average molecular weight is 398 g/mol. The smallest absolute Gasteiger partial charge is 0.331 e. The van der Waals surface area contributed by atoms with Crippen LogP contribution in [0.3, 0.4) is 0 Å². The van der Waals surface area contributed by atoms with Gasteiger partial charge in [-0.15, -0.1) is 0 Å². The Hall–Kier alpha value is -3.61. The zero-order valence-corrected chi connectivity index (χ0v) is 16.5. The molecular weight excluding hydrogens is 376 g/mol. The first-order chi connectivity index (χ1) is 14.1. The van der Waals surface area contributed by atoms with Crippen molar-refractivity contribution < 1.29 is 33.2 Å². The maximum Gasteiger partial charge on any atom is 0.331 e. The molecule has 0 fully saturated rings. The van der Waals surface area contributed by atoms with E-state index in [1.165, 1.54) is 27.4 Å². The molecule has 0 saturated carbocycles. The third kappa shape index (κ3) is 5.01. The molecule has 0 unspecified atom stereocenters. The number of carbonyl (C=O) groups is 1. The van der Waals surface area contributed by atoms with E-state index >= 15 is 0 Å². The fourth-order valence-corrected chi connectivity index (χ4v) is 2.74. The minimum absolute atomic E-state index is 0.146. The summed E-state index contributed by atoms with van der Waals surface area (Å²) in [7, 11) is 4.60. The standard InChI is InChI=1S/C22H22O7/c1-24-19-12-16(13-20(25-2)22(19)26-3)7-9-21(23)27-10-4-5-15-6-8-17-18(11-15)29-14-28-17/h4-9,11-13H,10,14H2,1-3H3/b5-4+,9-7-. The predicted octanol–water partition coefficient (Wildman–Crippen LogP) is 3.71. The number of ether oxygens (including phenoxy) is 6. The Bertz CT molecular complexity index is 906. The molecule has 2 aromatic rings. The molecule has 7 heteroatoms. The third-order valence-electron chi connectivity index (χ3n) is 4.13. The molecule has 1 heterocycles. The van der Waals surface area contributed by atoms with E-state index in [-0.39, 0.29) is 13.4 Å². The number of methoxy groups -OCH3 is 3. The van der Waals surface area contributed by atoms with Crippen molar-refractivity contribution in [1.82, 2.24) is 0 Å². The molecule has 0 aliphatic carbocycles. The number of carbonyl (C=O) groups excluding carboxylic acids is 1. The van der Waals surface area contributed by atoms with Crippen LogP contribution in [0, 0.1) is 0 Å². The van der Waals surface area contributed by atoms with Crippen LogP contribution in [0.2, 0.25) is 0 Å². The highest BCUT2D eigenvalue weighted by atomic mass is 16.7. The summed E-state index contributed by atoms with van der Waals surface area (Å²) < 4.78 is 31.6. The van der Waals surface area contributed by atoms with Gasteiger partial charge in [0.2, 0.25) is 12.5 Å². The van der Waals surface area contributed by atoms with Crippen molar-refractivity contribution in [3.63, 3.8) is 0 Å². The maximum atomic E-state index is 11.9. The molecule has 29 heavy (non-hydrogen) atoms. The first kappa shape index (κ1) is 20.1. The second-order valence-corrected chi connectivity index (χ2v) is 5.94. The van der Waals surface area contributed by atoms with Crippen LogP contribution in [0.1, 0.15) is 11.1 Å². The number of rotatable bonds is 8. The Balaban J connectivity index is 1.56. The lowest BCUT2D eigenvalue weighted by Gasteiger charge is -2.12. The summed E-state index contributed by atoms with van der Waals surface area (Å²) in [5.41, 5.74) is 1.64. The largest absolute Gasteiger partial charge is 0.493 e.